The van der Waals surface area contributed by atoms with E-state index in [1.165, 1.54) is 12.1 Å². The second kappa shape index (κ2) is 6.56. The minimum Gasteiger partial charge on any atom is -0.207 e. The maximum atomic E-state index is 12.5. The average molecular weight is 312 g/mol. The second-order valence-corrected chi connectivity index (χ2v) is 6.63. The summed E-state index contributed by atoms with van der Waals surface area (Å²) in [6, 6.07) is 16.6. The van der Waals surface area contributed by atoms with Gasteiger partial charge in [0.05, 0.1) is 17.0 Å². The lowest BCUT2D eigenvalue weighted by Gasteiger charge is -2.18. The first-order valence-corrected chi connectivity index (χ1v) is 8.15. The number of nitrogens with zero attached hydrogens (tertiary/aromatic N) is 1. The van der Waals surface area contributed by atoms with Crippen LogP contribution in [0.25, 0.3) is 0 Å². The topological polar surface area (TPSA) is 70.0 Å². The molecule has 1 atom stereocenters. The first-order chi connectivity index (χ1) is 10.4. The highest BCUT2D eigenvalue weighted by atomic mass is 32.2. The van der Waals surface area contributed by atoms with E-state index in [2.05, 4.69) is 11.3 Å². The number of hydrogen-bond donors (Lipinski definition) is 1. The molecule has 0 aliphatic heterocycles. The summed E-state index contributed by atoms with van der Waals surface area (Å²) >= 11 is 0. The van der Waals surface area contributed by atoms with Gasteiger partial charge in [0, 0.05) is 5.57 Å². The third-order valence-corrected chi connectivity index (χ3v) is 4.67. The third kappa shape index (κ3) is 3.61. The van der Waals surface area contributed by atoms with Gasteiger partial charge in [-0.25, -0.2) is 8.42 Å². The lowest BCUT2D eigenvalue weighted by atomic mass is 10.0. The number of benzene rings is 2. The van der Waals surface area contributed by atoms with Crippen molar-refractivity contribution < 1.29 is 8.42 Å². The van der Waals surface area contributed by atoms with E-state index >= 15 is 0 Å². The first-order valence-electron chi connectivity index (χ1n) is 6.67. The smallest absolute Gasteiger partial charge is 0.207 e. The molecule has 22 heavy (non-hydrogen) atoms. The van der Waals surface area contributed by atoms with Crippen LogP contribution in [0.4, 0.5) is 0 Å². The molecule has 2 aromatic carbocycles. The summed E-state index contributed by atoms with van der Waals surface area (Å²) in [7, 11) is -3.74. The quantitative estimate of drug-likeness (QED) is 0.862. The summed E-state index contributed by atoms with van der Waals surface area (Å²) in [6.45, 7) is 5.54. The molecule has 0 amide bonds. The molecule has 0 spiro atoms. The average Bonchev–Trinajstić information content (AvgIpc) is 2.53. The molecule has 2 aromatic rings. The molecule has 112 valence electrons. The summed E-state index contributed by atoms with van der Waals surface area (Å²) in [5, 5.41) is 9.09. The number of rotatable bonds is 5. The van der Waals surface area contributed by atoms with Crippen molar-refractivity contribution in [2.75, 3.05) is 0 Å². The van der Waals surface area contributed by atoms with Crippen molar-refractivity contribution in [1.29, 1.82) is 5.26 Å². The van der Waals surface area contributed by atoms with E-state index in [1.54, 1.807) is 36.4 Å². The predicted octanol–water partition coefficient (Wildman–Crippen LogP) is 3.09. The summed E-state index contributed by atoms with van der Waals surface area (Å²) in [5.41, 5.74) is 1.78. The summed E-state index contributed by atoms with van der Waals surface area (Å²) in [6.07, 6.45) is 0. The highest BCUT2D eigenvalue weighted by Gasteiger charge is 2.23. The highest BCUT2D eigenvalue weighted by molar-refractivity contribution is 7.89. The maximum absolute atomic E-state index is 12.5. The second-order valence-electron chi connectivity index (χ2n) is 4.92. The van der Waals surface area contributed by atoms with Gasteiger partial charge >= 0.3 is 0 Å². The number of hydrogen-bond acceptors (Lipinski definition) is 3. The number of sulfonamides is 1. The van der Waals surface area contributed by atoms with Crippen molar-refractivity contribution >= 4 is 10.0 Å². The molecule has 0 heterocycles. The van der Waals surface area contributed by atoms with Crippen LogP contribution in [0.3, 0.4) is 0 Å². The molecule has 1 unspecified atom stereocenters. The molecule has 2 rings (SSSR count). The Morgan fingerprint density at radius 2 is 1.73 bits per heavy atom. The Kier molecular flexibility index (Phi) is 4.76. The standard InChI is InChI=1S/C17H16N2O2S/c1-13-8-10-16(11-9-13)22(20,21)19-17(14(2)12-18)15-6-4-3-5-7-15/h3-11,17,19H,2H2,1H3. The van der Waals surface area contributed by atoms with E-state index in [0.717, 1.165) is 5.56 Å². The number of nitriles is 1. The van der Waals surface area contributed by atoms with Gasteiger partial charge in [-0.05, 0) is 24.6 Å². The van der Waals surface area contributed by atoms with Crippen LogP contribution in [0, 0.1) is 18.3 Å². The van der Waals surface area contributed by atoms with Crippen LogP contribution in [-0.4, -0.2) is 8.42 Å². The predicted molar refractivity (Wildman–Crippen MR) is 85.4 cm³/mol. The Hall–Kier alpha value is -2.42. The maximum Gasteiger partial charge on any atom is 0.241 e. The molecule has 0 bridgehead atoms. The van der Waals surface area contributed by atoms with Crippen molar-refractivity contribution in [2.45, 2.75) is 17.9 Å². The van der Waals surface area contributed by atoms with Gasteiger partial charge in [0.15, 0.2) is 0 Å². The molecule has 0 fully saturated rings. The molecule has 0 aromatic heterocycles. The molecule has 0 saturated heterocycles. The van der Waals surface area contributed by atoms with Gasteiger partial charge in [0.2, 0.25) is 10.0 Å². The fourth-order valence-electron chi connectivity index (χ4n) is 1.99. The lowest BCUT2D eigenvalue weighted by molar-refractivity contribution is 0.572. The van der Waals surface area contributed by atoms with Crippen LogP contribution < -0.4 is 4.72 Å². The van der Waals surface area contributed by atoms with Gasteiger partial charge < -0.3 is 0 Å². The number of nitrogens with one attached hydrogen (secondary N) is 1. The van der Waals surface area contributed by atoms with Crippen molar-refractivity contribution in [3.05, 3.63) is 77.9 Å². The van der Waals surface area contributed by atoms with Crippen molar-refractivity contribution in [2.24, 2.45) is 0 Å². The van der Waals surface area contributed by atoms with Crippen LogP contribution in [0.2, 0.25) is 0 Å². The molecule has 5 heteroatoms. The van der Waals surface area contributed by atoms with Crippen LogP contribution in [0.1, 0.15) is 17.2 Å². The van der Waals surface area contributed by atoms with E-state index in [1.807, 2.05) is 19.1 Å². The van der Waals surface area contributed by atoms with Crippen LogP contribution in [0.15, 0.2) is 71.6 Å². The molecule has 4 nitrogen and oxygen atoms in total. The minimum atomic E-state index is -3.74. The van der Waals surface area contributed by atoms with E-state index < -0.39 is 16.1 Å². The van der Waals surface area contributed by atoms with Gasteiger partial charge in [-0.2, -0.15) is 9.98 Å². The molecular weight excluding hydrogens is 296 g/mol. The monoisotopic (exact) mass is 312 g/mol. The number of aryl methyl sites for hydroxylation is 1. The fourth-order valence-corrected chi connectivity index (χ4v) is 3.21. The zero-order chi connectivity index (χ0) is 16.2. The Bertz CT molecular complexity index is 804. The molecule has 1 N–H and O–H groups in total. The fraction of sp³-hybridized carbons (Fsp3) is 0.118. The van der Waals surface area contributed by atoms with E-state index in [0.29, 0.717) is 5.56 Å². The van der Waals surface area contributed by atoms with Crippen molar-refractivity contribution in [3.63, 3.8) is 0 Å². The van der Waals surface area contributed by atoms with Crippen LogP contribution in [0.5, 0.6) is 0 Å². The van der Waals surface area contributed by atoms with Crippen molar-refractivity contribution in [1.82, 2.24) is 4.72 Å². The summed E-state index contributed by atoms with van der Waals surface area (Å²) < 4.78 is 27.5. The van der Waals surface area contributed by atoms with Crippen molar-refractivity contribution in [3.8, 4) is 6.07 Å². The normalized spacial score (nSPS) is 12.4. The zero-order valence-corrected chi connectivity index (χ0v) is 13.0. The van der Waals surface area contributed by atoms with E-state index in [4.69, 9.17) is 5.26 Å². The van der Waals surface area contributed by atoms with Crippen LogP contribution >= 0.6 is 0 Å². The summed E-state index contributed by atoms with van der Waals surface area (Å²) in [5.74, 6) is 0. The van der Waals surface area contributed by atoms with Gasteiger partial charge in [0.1, 0.15) is 0 Å². The molecular formula is C17H16N2O2S. The SMILES string of the molecule is C=C(C#N)C(NS(=O)(=O)c1ccc(C)cc1)c1ccccc1. The first kappa shape index (κ1) is 16.0. The Labute approximate surface area is 130 Å². The van der Waals surface area contributed by atoms with Crippen LogP contribution in [-0.2, 0) is 10.0 Å². The Morgan fingerprint density at radius 1 is 1.14 bits per heavy atom. The lowest BCUT2D eigenvalue weighted by Crippen LogP contribution is -2.29. The van der Waals surface area contributed by atoms with Gasteiger partial charge in [0.25, 0.3) is 0 Å². The van der Waals surface area contributed by atoms with Gasteiger partial charge in [-0.1, -0.05) is 54.6 Å². The zero-order valence-electron chi connectivity index (χ0n) is 12.2. The van der Waals surface area contributed by atoms with Gasteiger partial charge in [-0.3, -0.25) is 0 Å². The molecule has 0 radical (unpaired) electrons. The third-order valence-electron chi connectivity index (χ3n) is 3.23. The van der Waals surface area contributed by atoms with E-state index in [9.17, 15) is 8.42 Å². The van der Waals surface area contributed by atoms with Gasteiger partial charge in [-0.15, -0.1) is 0 Å². The Balaban J connectivity index is 2.37. The summed E-state index contributed by atoms with van der Waals surface area (Å²) in [4.78, 5) is 0.157. The Morgan fingerprint density at radius 3 is 2.27 bits per heavy atom. The minimum absolute atomic E-state index is 0.141. The molecule has 0 aliphatic rings. The van der Waals surface area contributed by atoms with E-state index in [-0.39, 0.29) is 10.5 Å². The molecule has 0 saturated carbocycles. The molecule has 0 aliphatic carbocycles. The largest absolute Gasteiger partial charge is 0.241 e. The highest BCUT2D eigenvalue weighted by Crippen LogP contribution is 2.23.